The number of hydrazone groups is 1. The van der Waals surface area contributed by atoms with Gasteiger partial charge in [0.25, 0.3) is 11.5 Å². The average Bonchev–Trinajstić information content (AvgIpc) is 3.73. The molecule has 44 heavy (non-hydrogen) atoms. The molecule has 10 nitrogen and oxygen atoms in total. The zero-order chi connectivity index (χ0) is 30.4. The third kappa shape index (κ3) is 4.62. The molecule has 4 aromatic rings. The van der Waals surface area contributed by atoms with Crippen molar-refractivity contribution in [1.29, 1.82) is 0 Å². The van der Waals surface area contributed by atoms with E-state index in [9.17, 15) is 14.4 Å². The Morgan fingerprint density at radius 1 is 1.02 bits per heavy atom. The van der Waals surface area contributed by atoms with Gasteiger partial charge in [-0.3, -0.25) is 14.2 Å². The molecule has 0 unspecified atom stereocenters. The van der Waals surface area contributed by atoms with E-state index in [0.29, 0.717) is 49.1 Å². The molecule has 0 bridgehead atoms. The lowest BCUT2D eigenvalue weighted by Gasteiger charge is -2.26. The molecular formula is C33H26N4O6S. The smallest absolute Gasteiger partial charge is 0.338 e. The molecule has 3 aromatic carbocycles. The Balaban J connectivity index is 1.43. The Kier molecular flexibility index (Phi) is 6.94. The molecule has 0 fully saturated rings. The number of anilines is 1. The molecule has 0 saturated heterocycles. The number of aromatic nitrogens is 1. The van der Waals surface area contributed by atoms with Crippen LogP contribution in [0.2, 0.25) is 0 Å². The molecule has 3 aliphatic heterocycles. The third-order valence-corrected chi connectivity index (χ3v) is 8.59. The van der Waals surface area contributed by atoms with E-state index in [1.165, 1.54) is 9.58 Å². The first-order chi connectivity index (χ1) is 21.4. The van der Waals surface area contributed by atoms with Crippen LogP contribution in [0.1, 0.15) is 31.0 Å². The van der Waals surface area contributed by atoms with Gasteiger partial charge in [-0.1, -0.05) is 65.9 Å². The first kappa shape index (κ1) is 27.5. The van der Waals surface area contributed by atoms with Crippen LogP contribution in [0.5, 0.6) is 11.5 Å². The largest absolute Gasteiger partial charge is 0.463 e. The minimum atomic E-state index is -0.882. The maximum Gasteiger partial charge on any atom is 0.338 e. The number of fused-ring (bicyclic) bond motifs is 2. The SMILES string of the molecule is CCOC(=O)C1=C(c2ccccc2)N=c2s/c(=C/[C@@H]3C(=O)N(c4ccccc4)N=C3C)c(=O)n2[C@@H]1c1ccc2c(c1)OCO2. The molecular weight excluding hydrogens is 580 g/mol. The highest BCUT2D eigenvalue weighted by molar-refractivity contribution is 7.07. The molecule has 220 valence electrons. The van der Waals surface area contributed by atoms with E-state index in [1.807, 2.05) is 48.5 Å². The molecule has 1 aromatic heterocycles. The van der Waals surface area contributed by atoms with Gasteiger partial charge < -0.3 is 14.2 Å². The van der Waals surface area contributed by atoms with Crippen LogP contribution in [0.3, 0.4) is 0 Å². The van der Waals surface area contributed by atoms with Crippen LogP contribution >= 0.6 is 11.3 Å². The van der Waals surface area contributed by atoms with Gasteiger partial charge in [-0.2, -0.15) is 10.1 Å². The molecule has 0 aliphatic carbocycles. The molecule has 7 rings (SSSR count). The predicted octanol–water partition coefficient (Wildman–Crippen LogP) is 3.65. The summed E-state index contributed by atoms with van der Waals surface area (Å²) < 4.78 is 18.5. The Bertz CT molecular complexity index is 2050. The average molecular weight is 607 g/mol. The number of ether oxygens (including phenoxy) is 3. The van der Waals surface area contributed by atoms with Crippen molar-refractivity contribution in [2.45, 2.75) is 19.9 Å². The number of hydrogen-bond donors (Lipinski definition) is 0. The standard InChI is InChI=1S/C33H26N4O6S/c1-3-41-32(40)27-28(20-10-6-4-7-11-20)34-33-36(29(27)21-14-15-24-25(16-21)43-18-42-24)31(39)26(44-33)17-23-19(2)35-37(30(23)38)22-12-8-5-9-13-22/h4-17,23,29H,3,18H2,1-2H3/b26-17+/t23-,29+/m0/s1. The first-order valence-electron chi connectivity index (χ1n) is 14.1. The van der Waals surface area contributed by atoms with Crippen molar-refractivity contribution in [1.82, 2.24) is 4.57 Å². The topological polar surface area (TPSA) is 112 Å². The number of carbonyl (C=O) groups excluding carboxylic acids is 2. The molecule has 0 N–H and O–H groups in total. The van der Waals surface area contributed by atoms with E-state index in [4.69, 9.17) is 19.2 Å². The van der Waals surface area contributed by atoms with E-state index >= 15 is 0 Å². The fourth-order valence-electron chi connectivity index (χ4n) is 5.53. The van der Waals surface area contributed by atoms with E-state index in [-0.39, 0.29) is 30.4 Å². The molecule has 11 heteroatoms. The number of rotatable bonds is 6. The van der Waals surface area contributed by atoms with Gasteiger partial charge in [-0.25, -0.2) is 9.79 Å². The summed E-state index contributed by atoms with van der Waals surface area (Å²) in [5, 5.41) is 5.84. The van der Waals surface area contributed by atoms with Crippen LogP contribution in [-0.2, 0) is 14.3 Å². The molecule has 1 amide bonds. The van der Waals surface area contributed by atoms with Crippen molar-refractivity contribution in [3.63, 3.8) is 0 Å². The summed E-state index contributed by atoms with van der Waals surface area (Å²) in [6, 6.07) is 22.9. The summed E-state index contributed by atoms with van der Waals surface area (Å²) in [6.45, 7) is 3.71. The fourth-order valence-corrected chi connectivity index (χ4v) is 6.54. The van der Waals surface area contributed by atoms with E-state index in [2.05, 4.69) is 5.10 Å². The van der Waals surface area contributed by atoms with Gasteiger partial charge in [0.15, 0.2) is 16.3 Å². The quantitative estimate of drug-likeness (QED) is 0.310. The van der Waals surface area contributed by atoms with E-state index < -0.39 is 17.9 Å². The van der Waals surface area contributed by atoms with Gasteiger partial charge in [0.2, 0.25) is 6.79 Å². The van der Waals surface area contributed by atoms with Crippen molar-refractivity contribution in [2.24, 2.45) is 16.0 Å². The molecule has 4 heterocycles. The Morgan fingerprint density at radius 2 is 1.75 bits per heavy atom. The highest BCUT2D eigenvalue weighted by Gasteiger charge is 2.37. The molecule has 2 atom stereocenters. The number of carbonyl (C=O) groups is 2. The number of para-hydroxylation sites is 1. The fraction of sp³-hybridized carbons (Fsp3) is 0.182. The summed E-state index contributed by atoms with van der Waals surface area (Å²) in [5.41, 5.74) is 2.77. The summed E-state index contributed by atoms with van der Waals surface area (Å²) >= 11 is 1.16. The molecule has 3 aliphatic rings. The van der Waals surface area contributed by atoms with Gasteiger partial charge >= 0.3 is 5.97 Å². The maximum absolute atomic E-state index is 14.2. The second kappa shape index (κ2) is 11.1. The minimum absolute atomic E-state index is 0.0771. The van der Waals surface area contributed by atoms with Crippen molar-refractivity contribution in [3.8, 4) is 11.5 Å². The number of hydrogen-bond acceptors (Lipinski definition) is 9. The highest BCUT2D eigenvalue weighted by Crippen LogP contribution is 2.40. The van der Waals surface area contributed by atoms with Gasteiger partial charge in [-0.15, -0.1) is 0 Å². The number of thiazole rings is 1. The third-order valence-electron chi connectivity index (χ3n) is 7.59. The maximum atomic E-state index is 14.2. The lowest BCUT2D eigenvalue weighted by Crippen LogP contribution is -2.40. The van der Waals surface area contributed by atoms with Crippen molar-refractivity contribution >= 4 is 46.4 Å². The summed E-state index contributed by atoms with van der Waals surface area (Å²) in [6.07, 6.45) is 1.64. The van der Waals surface area contributed by atoms with Gasteiger partial charge in [-0.05, 0) is 49.8 Å². The zero-order valence-corrected chi connectivity index (χ0v) is 24.6. The molecule has 0 spiro atoms. The molecule has 0 saturated carbocycles. The second-order valence-electron chi connectivity index (χ2n) is 10.3. The van der Waals surface area contributed by atoms with Crippen LogP contribution < -0.4 is 29.4 Å². The lowest BCUT2D eigenvalue weighted by molar-refractivity contribution is -0.138. The number of nitrogens with zero attached hydrogens (tertiary/aromatic N) is 4. The van der Waals surface area contributed by atoms with Gasteiger partial charge in [0.05, 0.1) is 39.9 Å². The normalized spacial score (nSPS) is 19.1. The first-order valence-corrected chi connectivity index (χ1v) is 14.9. The van der Waals surface area contributed by atoms with Crippen LogP contribution in [0.15, 0.2) is 99.3 Å². The Morgan fingerprint density at radius 3 is 2.50 bits per heavy atom. The van der Waals surface area contributed by atoms with Crippen LogP contribution in [0, 0.1) is 5.92 Å². The zero-order valence-electron chi connectivity index (χ0n) is 23.8. The number of amides is 1. The van der Waals surface area contributed by atoms with Crippen molar-refractivity contribution in [2.75, 3.05) is 18.4 Å². The van der Waals surface area contributed by atoms with Crippen molar-refractivity contribution in [3.05, 3.63) is 115 Å². The second-order valence-corrected chi connectivity index (χ2v) is 11.3. The molecule has 0 radical (unpaired) electrons. The van der Waals surface area contributed by atoms with E-state index in [0.717, 1.165) is 11.3 Å². The van der Waals surface area contributed by atoms with Crippen LogP contribution in [-0.4, -0.2) is 35.6 Å². The number of benzene rings is 3. The Labute approximate surface area is 255 Å². The van der Waals surface area contributed by atoms with Crippen LogP contribution in [0.4, 0.5) is 5.69 Å². The predicted molar refractivity (Wildman–Crippen MR) is 165 cm³/mol. The van der Waals surface area contributed by atoms with Crippen LogP contribution in [0.25, 0.3) is 11.8 Å². The monoisotopic (exact) mass is 606 g/mol. The summed E-state index contributed by atoms with van der Waals surface area (Å²) in [4.78, 5) is 46.6. The Hall–Kier alpha value is -5.29. The highest BCUT2D eigenvalue weighted by atomic mass is 32.1. The van der Waals surface area contributed by atoms with Gasteiger partial charge in [0, 0.05) is 5.56 Å². The summed E-state index contributed by atoms with van der Waals surface area (Å²) in [7, 11) is 0. The minimum Gasteiger partial charge on any atom is -0.463 e. The van der Waals surface area contributed by atoms with Crippen molar-refractivity contribution < 1.29 is 23.8 Å². The summed E-state index contributed by atoms with van der Waals surface area (Å²) in [5.74, 6) is -0.499. The van der Waals surface area contributed by atoms with Gasteiger partial charge in [0.1, 0.15) is 5.92 Å². The van der Waals surface area contributed by atoms with E-state index in [1.54, 1.807) is 50.3 Å². The number of esters is 1. The lowest BCUT2D eigenvalue weighted by atomic mass is 9.93.